The molecule has 6 heavy (non-hydrogen) atoms. The first-order chi connectivity index (χ1) is 2.73. The molecule has 0 aromatic heterocycles. The van der Waals surface area contributed by atoms with E-state index >= 15 is 0 Å². The van der Waals surface area contributed by atoms with Gasteiger partial charge in [-0.2, -0.15) is 0 Å². The Kier molecular flexibility index (Phi) is 14.4. The van der Waals surface area contributed by atoms with Crippen molar-refractivity contribution in [2.75, 3.05) is 0 Å². The summed E-state index contributed by atoms with van der Waals surface area (Å²) in [4.78, 5) is 0. The fraction of sp³-hybridized carbons (Fsp3) is 0. The van der Waals surface area contributed by atoms with E-state index in [-0.39, 0.29) is 0 Å². The van der Waals surface area contributed by atoms with Gasteiger partial charge in [0, 0.05) is 0 Å². The molecule has 0 spiro atoms. The average molecular weight is 129 g/mol. The average Bonchev–Trinajstić information content (AvgIpc) is 1.41. The van der Waals surface area contributed by atoms with E-state index in [0.29, 0.717) is 0 Å². The van der Waals surface area contributed by atoms with E-state index in [2.05, 4.69) is 0 Å². The van der Waals surface area contributed by atoms with Gasteiger partial charge >= 0.3 is 28.4 Å². The van der Waals surface area contributed by atoms with Crippen LogP contribution in [0, 0.1) is 0 Å². The van der Waals surface area contributed by atoms with Crippen LogP contribution in [0.3, 0.4) is 0 Å². The van der Waals surface area contributed by atoms with Crippen molar-refractivity contribution in [3.05, 3.63) is 0 Å². The van der Waals surface area contributed by atoms with Gasteiger partial charge in [-0.3, -0.25) is 0 Å². The molecule has 0 aliphatic heterocycles. The van der Waals surface area contributed by atoms with Crippen molar-refractivity contribution in [2.24, 2.45) is 0 Å². The second kappa shape index (κ2) is 9.01. The summed E-state index contributed by atoms with van der Waals surface area (Å²) in [6.45, 7) is 0. The minimum atomic E-state index is -2.17. The summed E-state index contributed by atoms with van der Waals surface area (Å²) in [5, 5.41) is 21.5. The zero-order chi connectivity index (χ0) is 5.58. The number of hydrogen-bond acceptors (Lipinski definition) is 4. The molecule has 0 saturated carbocycles. The molecule has 0 rings (SSSR count). The fourth-order valence-electron chi connectivity index (χ4n) is 0. The SMILES string of the molecule is OB(O)O.[O]=[V]. The monoisotopic (exact) mass is 129 g/mol. The number of hydrogen-bond donors (Lipinski definition) is 3. The molecule has 0 aromatic carbocycles. The minimum absolute atomic E-state index is 1.06. The number of rotatable bonds is 0. The van der Waals surface area contributed by atoms with Crippen molar-refractivity contribution in [3.8, 4) is 0 Å². The van der Waals surface area contributed by atoms with E-state index in [1.807, 2.05) is 0 Å². The van der Waals surface area contributed by atoms with Crippen LogP contribution in [0.15, 0.2) is 0 Å². The predicted octanol–water partition coefficient (Wildman–Crippen LogP) is -2.17. The second-order valence-electron chi connectivity index (χ2n) is 0.346. The topological polar surface area (TPSA) is 77.8 Å². The molecule has 3 N–H and O–H groups in total. The van der Waals surface area contributed by atoms with Crippen LogP contribution in [0.25, 0.3) is 0 Å². The molecule has 35 valence electrons. The van der Waals surface area contributed by atoms with Crippen LogP contribution >= 0.6 is 0 Å². The van der Waals surface area contributed by atoms with E-state index in [1.54, 1.807) is 0 Å². The molecule has 4 nitrogen and oxygen atoms in total. The van der Waals surface area contributed by atoms with Crippen molar-refractivity contribution in [3.63, 3.8) is 0 Å². The molecule has 0 aromatic rings. The maximum atomic E-state index is 8.19. The van der Waals surface area contributed by atoms with Crippen molar-refractivity contribution < 1.29 is 36.1 Å². The zero-order valence-corrected chi connectivity index (χ0v) is 4.17. The van der Waals surface area contributed by atoms with Crippen LogP contribution in [-0.2, 0) is 21.0 Å². The molecule has 0 saturated heterocycles. The van der Waals surface area contributed by atoms with Crippen molar-refractivity contribution >= 4 is 7.32 Å². The van der Waals surface area contributed by atoms with Crippen molar-refractivity contribution in [1.82, 2.24) is 0 Å². The summed E-state index contributed by atoms with van der Waals surface area (Å²) in [5.41, 5.74) is 0. The van der Waals surface area contributed by atoms with Gasteiger partial charge in [0.15, 0.2) is 0 Å². The molecule has 0 aliphatic rings. The van der Waals surface area contributed by atoms with Crippen LogP contribution in [0.1, 0.15) is 0 Å². The fourth-order valence-corrected chi connectivity index (χ4v) is 0. The molecule has 0 heterocycles. The molecule has 0 atom stereocenters. The summed E-state index contributed by atoms with van der Waals surface area (Å²) < 4.78 is 8.19. The van der Waals surface area contributed by atoms with E-state index in [9.17, 15) is 0 Å². The molecular formula is H3BO4V. The summed E-state index contributed by atoms with van der Waals surface area (Å²) in [5.74, 6) is 0. The molecule has 0 fully saturated rings. The Morgan fingerprint density at radius 1 is 1.17 bits per heavy atom. The van der Waals surface area contributed by atoms with Gasteiger partial charge < -0.3 is 15.1 Å². The van der Waals surface area contributed by atoms with Crippen LogP contribution in [0.2, 0.25) is 0 Å². The molecular weight excluding hydrogens is 126 g/mol. The van der Waals surface area contributed by atoms with E-state index in [4.69, 9.17) is 18.7 Å². The Labute approximate surface area is 44.2 Å². The van der Waals surface area contributed by atoms with Gasteiger partial charge in [0.05, 0.1) is 0 Å². The second-order valence-corrected chi connectivity index (χ2v) is 0.346. The zero-order valence-electron chi connectivity index (χ0n) is 2.77. The van der Waals surface area contributed by atoms with Crippen molar-refractivity contribution in [2.45, 2.75) is 0 Å². The summed E-state index contributed by atoms with van der Waals surface area (Å²) >= 11 is 1.06. The molecule has 0 unspecified atom stereocenters. The van der Waals surface area contributed by atoms with Gasteiger partial charge in [-0.1, -0.05) is 0 Å². The van der Waals surface area contributed by atoms with Gasteiger partial charge in [-0.05, 0) is 0 Å². The van der Waals surface area contributed by atoms with E-state index in [0.717, 1.165) is 17.4 Å². The Morgan fingerprint density at radius 2 is 1.17 bits per heavy atom. The van der Waals surface area contributed by atoms with Crippen LogP contribution in [0.5, 0.6) is 0 Å². The first kappa shape index (κ1) is 9.59. The van der Waals surface area contributed by atoms with Crippen molar-refractivity contribution in [1.29, 1.82) is 0 Å². The summed E-state index contributed by atoms with van der Waals surface area (Å²) in [6.07, 6.45) is 0. The van der Waals surface area contributed by atoms with E-state index < -0.39 is 7.32 Å². The van der Waals surface area contributed by atoms with Crippen LogP contribution in [-0.4, -0.2) is 22.4 Å². The molecule has 0 amide bonds. The third kappa shape index (κ3) is 442. The molecule has 0 aliphatic carbocycles. The Morgan fingerprint density at radius 3 is 1.17 bits per heavy atom. The van der Waals surface area contributed by atoms with Gasteiger partial charge in [-0.25, -0.2) is 0 Å². The van der Waals surface area contributed by atoms with Crippen LogP contribution < -0.4 is 0 Å². The summed E-state index contributed by atoms with van der Waals surface area (Å²) in [7, 11) is -2.17. The molecule has 6 heteroatoms. The Bertz CT molecular complexity index is 18.8. The Balaban J connectivity index is 0. The van der Waals surface area contributed by atoms with E-state index in [1.165, 1.54) is 0 Å². The van der Waals surface area contributed by atoms with Gasteiger partial charge in [0.25, 0.3) is 0 Å². The first-order valence-electron chi connectivity index (χ1n) is 0.957. The predicted molar refractivity (Wildman–Crippen MR) is 13.1 cm³/mol. The maximum absolute atomic E-state index is 8.19. The normalized spacial score (nSPS) is 5.00. The van der Waals surface area contributed by atoms with Gasteiger partial charge in [0.2, 0.25) is 0 Å². The summed E-state index contributed by atoms with van der Waals surface area (Å²) in [6, 6.07) is 0. The Hall–Kier alpha value is 0.329. The van der Waals surface area contributed by atoms with Gasteiger partial charge in [-0.15, -0.1) is 0 Å². The molecule has 0 radical (unpaired) electrons. The quantitative estimate of drug-likeness (QED) is 0.325. The van der Waals surface area contributed by atoms with Gasteiger partial charge in [0.1, 0.15) is 0 Å². The molecule has 0 bridgehead atoms. The third-order valence-corrected chi connectivity index (χ3v) is 0. The first-order valence-corrected chi connectivity index (χ1v) is 1.53. The third-order valence-electron chi connectivity index (χ3n) is 0. The standard InChI is InChI=1S/BH3O3.O.V/c2-1(3)4;;/h2-4H;;. The van der Waals surface area contributed by atoms with Crippen LogP contribution in [0.4, 0.5) is 0 Å².